The number of hydrogen-bond donors (Lipinski definition) is 2. The number of fused-ring (bicyclic) bond motifs is 1. The number of thiocarbonyl (C=S) groups is 1. The quantitative estimate of drug-likeness (QED) is 0.636. The van der Waals surface area contributed by atoms with Crippen molar-refractivity contribution in [2.75, 3.05) is 25.6 Å². The van der Waals surface area contributed by atoms with E-state index >= 15 is 0 Å². The van der Waals surface area contributed by atoms with Crippen LogP contribution in [0.25, 0.3) is 10.9 Å². The van der Waals surface area contributed by atoms with Crippen LogP contribution in [0.15, 0.2) is 30.3 Å². The molecular formula is C13H15N3OS. The van der Waals surface area contributed by atoms with Gasteiger partial charge in [0.1, 0.15) is 10.8 Å². The first-order valence-corrected chi connectivity index (χ1v) is 6.05. The van der Waals surface area contributed by atoms with Gasteiger partial charge in [-0.2, -0.15) is 0 Å². The van der Waals surface area contributed by atoms with Crippen LogP contribution in [-0.2, 0) is 4.74 Å². The summed E-state index contributed by atoms with van der Waals surface area (Å²) in [4.78, 5) is 4.89. The Bertz CT molecular complexity index is 571. The number of aromatic nitrogens is 1. The number of methoxy groups -OCH3 is 1. The molecule has 0 fully saturated rings. The van der Waals surface area contributed by atoms with E-state index in [1.54, 1.807) is 7.11 Å². The highest BCUT2D eigenvalue weighted by molar-refractivity contribution is 7.80. The molecule has 0 aliphatic heterocycles. The topological polar surface area (TPSA) is 60.2 Å². The zero-order valence-corrected chi connectivity index (χ0v) is 11.0. The van der Waals surface area contributed by atoms with Crippen molar-refractivity contribution < 1.29 is 4.74 Å². The highest BCUT2D eigenvalue weighted by Gasteiger charge is 2.07. The van der Waals surface area contributed by atoms with Crippen molar-refractivity contribution in [1.29, 1.82) is 0 Å². The van der Waals surface area contributed by atoms with Crippen molar-refractivity contribution in [2.24, 2.45) is 5.73 Å². The number of ether oxygens (including phenoxy) is 1. The first kappa shape index (κ1) is 12.7. The predicted molar refractivity (Wildman–Crippen MR) is 78.0 cm³/mol. The molecule has 1 aromatic heterocycles. The molecule has 0 bridgehead atoms. The second-order valence-electron chi connectivity index (χ2n) is 3.86. The van der Waals surface area contributed by atoms with Crippen LogP contribution in [0, 0.1) is 0 Å². The first-order chi connectivity index (χ1) is 8.72. The minimum absolute atomic E-state index is 0.378. The summed E-state index contributed by atoms with van der Waals surface area (Å²) < 4.78 is 4.99. The minimum atomic E-state index is 0.378. The molecule has 2 rings (SSSR count). The molecule has 1 heterocycles. The zero-order valence-electron chi connectivity index (χ0n) is 10.1. The lowest BCUT2D eigenvalue weighted by atomic mass is 10.1. The smallest absolute Gasteiger partial charge is 0.127 e. The summed E-state index contributed by atoms with van der Waals surface area (Å²) in [7, 11) is 1.66. The van der Waals surface area contributed by atoms with Gasteiger partial charge in [-0.05, 0) is 12.1 Å². The van der Waals surface area contributed by atoms with Crippen molar-refractivity contribution in [2.45, 2.75) is 0 Å². The summed E-state index contributed by atoms with van der Waals surface area (Å²) >= 11 is 5.08. The molecule has 4 nitrogen and oxygen atoms in total. The number of nitrogens with one attached hydrogen (secondary N) is 1. The normalized spacial score (nSPS) is 10.5. The molecule has 0 saturated carbocycles. The molecule has 0 spiro atoms. The van der Waals surface area contributed by atoms with Gasteiger partial charge < -0.3 is 15.8 Å². The maximum absolute atomic E-state index is 5.75. The predicted octanol–water partition coefficient (Wildman–Crippen LogP) is 1.93. The van der Waals surface area contributed by atoms with Crippen LogP contribution in [0.5, 0.6) is 0 Å². The van der Waals surface area contributed by atoms with Crippen molar-refractivity contribution >= 4 is 33.9 Å². The van der Waals surface area contributed by atoms with E-state index < -0.39 is 0 Å². The number of anilines is 1. The van der Waals surface area contributed by atoms with Gasteiger partial charge in [-0.25, -0.2) is 4.98 Å². The van der Waals surface area contributed by atoms with Gasteiger partial charge >= 0.3 is 0 Å². The Morgan fingerprint density at radius 2 is 2.22 bits per heavy atom. The van der Waals surface area contributed by atoms with Gasteiger partial charge in [-0.15, -0.1) is 0 Å². The lowest BCUT2D eigenvalue weighted by Gasteiger charge is -2.10. The molecule has 0 unspecified atom stereocenters. The monoisotopic (exact) mass is 261 g/mol. The molecule has 1 aromatic carbocycles. The lowest BCUT2D eigenvalue weighted by Crippen LogP contribution is -2.13. The summed E-state index contributed by atoms with van der Waals surface area (Å²) in [6.45, 7) is 1.32. The molecule has 94 valence electrons. The number of nitrogens with two attached hydrogens (primary N) is 1. The van der Waals surface area contributed by atoms with Crippen LogP contribution in [0.1, 0.15) is 5.56 Å². The van der Waals surface area contributed by atoms with Gasteiger partial charge in [-0.3, -0.25) is 0 Å². The first-order valence-electron chi connectivity index (χ1n) is 5.65. The van der Waals surface area contributed by atoms with Crippen LogP contribution in [0.2, 0.25) is 0 Å². The largest absolute Gasteiger partial charge is 0.389 e. The Morgan fingerprint density at radius 1 is 1.44 bits per heavy atom. The van der Waals surface area contributed by atoms with E-state index in [0.29, 0.717) is 18.1 Å². The molecule has 2 aromatic rings. The Hall–Kier alpha value is -1.72. The summed E-state index contributed by atoms with van der Waals surface area (Å²) in [5.41, 5.74) is 7.48. The van der Waals surface area contributed by atoms with E-state index in [0.717, 1.165) is 22.3 Å². The van der Waals surface area contributed by atoms with Crippen LogP contribution in [0.4, 0.5) is 5.82 Å². The highest BCUT2D eigenvalue weighted by Crippen LogP contribution is 2.20. The average Bonchev–Trinajstić information content (AvgIpc) is 2.38. The van der Waals surface area contributed by atoms with E-state index in [4.69, 9.17) is 22.7 Å². The third kappa shape index (κ3) is 2.75. The van der Waals surface area contributed by atoms with E-state index in [1.165, 1.54) is 0 Å². The number of nitrogens with zero attached hydrogens (tertiary/aromatic N) is 1. The minimum Gasteiger partial charge on any atom is -0.389 e. The van der Waals surface area contributed by atoms with Gasteiger partial charge in [-0.1, -0.05) is 30.4 Å². The fourth-order valence-corrected chi connectivity index (χ4v) is 1.92. The van der Waals surface area contributed by atoms with E-state index in [-0.39, 0.29) is 0 Å². The summed E-state index contributed by atoms with van der Waals surface area (Å²) in [5, 5.41) is 4.16. The van der Waals surface area contributed by atoms with Crippen LogP contribution >= 0.6 is 12.2 Å². The van der Waals surface area contributed by atoms with Gasteiger partial charge in [0.15, 0.2) is 0 Å². The summed E-state index contributed by atoms with van der Waals surface area (Å²) in [6.07, 6.45) is 0. The molecule has 0 aliphatic carbocycles. The molecule has 5 heteroatoms. The van der Waals surface area contributed by atoms with Crippen LogP contribution < -0.4 is 11.1 Å². The maximum atomic E-state index is 5.75. The molecule has 0 amide bonds. The summed E-state index contributed by atoms with van der Waals surface area (Å²) in [6, 6.07) is 9.68. The zero-order chi connectivity index (χ0) is 13.0. The second-order valence-corrected chi connectivity index (χ2v) is 4.30. The average molecular weight is 261 g/mol. The van der Waals surface area contributed by atoms with Crippen LogP contribution in [-0.4, -0.2) is 30.2 Å². The number of rotatable bonds is 5. The molecular weight excluding hydrogens is 246 g/mol. The van der Waals surface area contributed by atoms with Crippen molar-refractivity contribution in [1.82, 2.24) is 4.98 Å². The number of hydrogen-bond acceptors (Lipinski definition) is 4. The van der Waals surface area contributed by atoms with Crippen molar-refractivity contribution in [3.63, 3.8) is 0 Å². The van der Waals surface area contributed by atoms with Crippen molar-refractivity contribution in [3.05, 3.63) is 35.9 Å². The SMILES string of the molecule is COCCNc1cc(C(N)=S)c2ccccc2n1. The third-order valence-electron chi connectivity index (χ3n) is 2.59. The van der Waals surface area contributed by atoms with Crippen LogP contribution in [0.3, 0.4) is 0 Å². The second kappa shape index (κ2) is 5.75. The Balaban J connectivity index is 2.41. The summed E-state index contributed by atoms with van der Waals surface area (Å²) in [5.74, 6) is 0.758. The van der Waals surface area contributed by atoms with Gasteiger partial charge in [0.2, 0.25) is 0 Å². The van der Waals surface area contributed by atoms with Gasteiger partial charge in [0, 0.05) is 24.6 Å². The highest BCUT2D eigenvalue weighted by atomic mass is 32.1. The lowest BCUT2D eigenvalue weighted by molar-refractivity contribution is 0.210. The fraction of sp³-hybridized carbons (Fsp3) is 0.231. The number of pyridine rings is 1. The van der Waals surface area contributed by atoms with E-state index in [1.807, 2.05) is 30.3 Å². The standard InChI is InChI=1S/C13H15N3OS/c1-17-7-6-15-12-8-10(13(14)18)9-4-2-3-5-11(9)16-12/h2-5,8H,6-7H2,1H3,(H2,14,18)(H,15,16). The molecule has 0 radical (unpaired) electrons. The Labute approximate surface area is 111 Å². The molecule has 0 aliphatic rings. The van der Waals surface area contributed by atoms with E-state index in [2.05, 4.69) is 10.3 Å². The Kier molecular flexibility index (Phi) is 4.07. The Morgan fingerprint density at radius 3 is 2.94 bits per heavy atom. The van der Waals surface area contributed by atoms with E-state index in [9.17, 15) is 0 Å². The van der Waals surface area contributed by atoms with Gasteiger partial charge in [0.05, 0.1) is 12.1 Å². The molecule has 0 atom stereocenters. The number of para-hydroxylation sites is 1. The maximum Gasteiger partial charge on any atom is 0.127 e. The molecule has 0 saturated heterocycles. The molecule has 18 heavy (non-hydrogen) atoms. The van der Waals surface area contributed by atoms with Gasteiger partial charge in [0.25, 0.3) is 0 Å². The van der Waals surface area contributed by atoms with Crippen molar-refractivity contribution in [3.8, 4) is 0 Å². The fourth-order valence-electron chi connectivity index (χ4n) is 1.75. The third-order valence-corrected chi connectivity index (χ3v) is 2.81. The molecule has 3 N–H and O–H groups in total. The number of benzene rings is 1.